The number of hydrogen-bond acceptors (Lipinski definition) is 5. The van der Waals surface area contributed by atoms with Gasteiger partial charge in [-0.25, -0.2) is 8.42 Å². The van der Waals surface area contributed by atoms with Gasteiger partial charge in [-0.2, -0.15) is 0 Å². The zero-order valence-corrected chi connectivity index (χ0v) is 20.2. The smallest absolute Gasteiger partial charge is 0.261 e. The van der Waals surface area contributed by atoms with Crippen LogP contribution in [-0.4, -0.2) is 63.3 Å². The van der Waals surface area contributed by atoms with E-state index >= 15 is 0 Å². The van der Waals surface area contributed by atoms with Crippen LogP contribution in [0.1, 0.15) is 15.9 Å². The molecule has 0 aliphatic carbocycles. The van der Waals surface area contributed by atoms with Crippen LogP contribution >= 0.6 is 0 Å². The summed E-state index contributed by atoms with van der Waals surface area (Å²) in [7, 11) is -2.17. The molecule has 1 saturated heterocycles. The first-order chi connectivity index (χ1) is 16.9. The molecule has 1 fully saturated rings. The SMILES string of the molecule is COc1cccc(CC(=O)N2CCN(C(=O)c3cccc(NS(=O)(=O)c4ccccc4)c3)CC2)c1. The fraction of sp³-hybridized carbons (Fsp3) is 0.231. The predicted molar refractivity (Wildman–Crippen MR) is 133 cm³/mol. The van der Waals surface area contributed by atoms with E-state index in [-0.39, 0.29) is 23.1 Å². The number of piperazine rings is 1. The van der Waals surface area contributed by atoms with Crippen LogP contribution in [0.4, 0.5) is 5.69 Å². The number of benzene rings is 3. The van der Waals surface area contributed by atoms with Crippen LogP contribution in [0.15, 0.2) is 83.8 Å². The number of ether oxygens (including phenoxy) is 1. The molecule has 8 nitrogen and oxygen atoms in total. The van der Waals surface area contributed by atoms with Crippen molar-refractivity contribution in [1.29, 1.82) is 0 Å². The van der Waals surface area contributed by atoms with Crippen LogP contribution in [0.25, 0.3) is 0 Å². The highest BCUT2D eigenvalue weighted by Crippen LogP contribution is 2.19. The van der Waals surface area contributed by atoms with Crippen molar-refractivity contribution in [2.45, 2.75) is 11.3 Å². The number of sulfonamides is 1. The minimum atomic E-state index is -3.75. The van der Waals surface area contributed by atoms with Crippen LogP contribution in [0.2, 0.25) is 0 Å². The van der Waals surface area contributed by atoms with Gasteiger partial charge in [0, 0.05) is 37.4 Å². The number of hydrogen-bond donors (Lipinski definition) is 1. The second kappa shape index (κ2) is 10.6. The summed E-state index contributed by atoms with van der Waals surface area (Å²) in [4.78, 5) is 29.4. The Labute approximate surface area is 205 Å². The quantitative estimate of drug-likeness (QED) is 0.546. The van der Waals surface area contributed by atoms with Crippen molar-refractivity contribution in [3.05, 3.63) is 90.0 Å². The lowest BCUT2D eigenvalue weighted by Gasteiger charge is -2.35. The fourth-order valence-corrected chi connectivity index (χ4v) is 5.01. The number of nitrogens with one attached hydrogen (secondary N) is 1. The first-order valence-electron chi connectivity index (χ1n) is 11.2. The Morgan fingerprint density at radius 3 is 2.26 bits per heavy atom. The summed E-state index contributed by atoms with van der Waals surface area (Å²) < 4.78 is 32.9. The summed E-state index contributed by atoms with van der Waals surface area (Å²) in [5, 5.41) is 0. The second-order valence-corrected chi connectivity index (χ2v) is 9.88. The maximum atomic E-state index is 13.1. The second-order valence-electron chi connectivity index (χ2n) is 8.20. The Morgan fingerprint density at radius 1 is 0.857 bits per heavy atom. The fourth-order valence-electron chi connectivity index (χ4n) is 3.94. The summed E-state index contributed by atoms with van der Waals surface area (Å²) >= 11 is 0. The Kier molecular flexibility index (Phi) is 7.36. The van der Waals surface area contributed by atoms with Crippen molar-refractivity contribution in [3.63, 3.8) is 0 Å². The van der Waals surface area contributed by atoms with Gasteiger partial charge in [-0.1, -0.05) is 36.4 Å². The largest absolute Gasteiger partial charge is 0.497 e. The molecule has 1 N–H and O–H groups in total. The van der Waals surface area contributed by atoms with E-state index in [4.69, 9.17) is 4.74 Å². The van der Waals surface area contributed by atoms with Crippen molar-refractivity contribution in [1.82, 2.24) is 9.80 Å². The molecule has 3 aromatic rings. The minimum absolute atomic E-state index is 0.00247. The van der Waals surface area contributed by atoms with Gasteiger partial charge in [0.2, 0.25) is 5.91 Å². The monoisotopic (exact) mass is 493 g/mol. The Morgan fingerprint density at radius 2 is 1.54 bits per heavy atom. The lowest BCUT2D eigenvalue weighted by Crippen LogP contribution is -2.51. The number of carbonyl (C=O) groups excluding carboxylic acids is 2. The lowest BCUT2D eigenvalue weighted by atomic mass is 10.1. The van der Waals surface area contributed by atoms with Crippen molar-refractivity contribution in [2.24, 2.45) is 0 Å². The highest BCUT2D eigenvalue weighted by atomic mass is 32.2. The first kappa shape index (κ1) is 24.3. The third-order valence-corrected chi connectivity index (χ3v) is 7.22. The topological polar surface area (TPSA) is 96.0 Å². The summed E-state index contributed by atoms with van der Waals surface area (Å²) in [6, 6.07) is 21.9. The van der Waals surface area contributed by atoms with Crippen molar-refractivity contribution in [3.8, 4) is 5.75 Å². The number of anilines is 1. The van der Waals surface area contributed by atoms with E-state index in [0.29, 0.717) is 43.2 Å². The van der Waals surface area contributed by atoms with Crippen LogP contribution in [0.3, 0.4) is 0 Å². The van der Waals surface area contributed by atoms with E-state index in [1.54, 1.807) is 53.3 Å². The maximum absolute atomic E-state index is 13.1. The third-order valence-electron chi connectivity index (χ3n) is 5.82. The summed E-state index contributed by atoms with van der Waals surface area (Å²) in [6.45, 7) is 1.69. The standard InChI is InChI=1S/C26H27N3O5S/c1-34-23-10-5-7-20(17-23)18-25(30)28-13-15-29(16-14-28)26(31)21-8-6-9-22(19-21)27-35(32,33)24-11-3-2-4-12-24/h2-12,17,19,27H,13-16,18H2,1H3. The van der Waals surface area contributed by atoms with Gasteiger partial charge in [0.1, 0.15) is 5.75 Å². The molecule has 1 aliphatic heterocycles. The Balaban J connectivity index is 1.36. The highest BCUT2D eigenvalue weighted by molar-refractivity contribution is 7.92. The van der Waals surface area contributed by atoms with Crippen LogP contribution < -0.4 is 9.46 Å². The van der Waals surface area contributed by atoms with Gasteiger partial charge in [-0.15, -0.1) is 0 Å². The van der Waals surface area contributed by atoms with Crippen molar-refractivity contribution >= 4 is 27.5 Å². The van der Waals surface area contributed by atoms with Gasteiger partial charge in [0.25, 0.3) is 15.9 Å². The molecular formula is C26H27N3O5S. The molecule has 0 atom stereocenters. The molecule has 1 heterocycles. The number of carbonyl (C=O) groups is 2. The molecule has 0 spiro atoms. The molecule has 182 valence electrons. The van der Waals surface area contributed by atoms with E-state index in [1.165, 1.54) is 18.2 Å². The summed E-state index contributed by atoms with van der Waals surface area (Å²) in [5.41, 5.74) is 1.57. The Hall–Kier alpha value is -3.85. The molecule has 9 heteroatoms. The molecule has 0 bridgehead atoms. The molecule has 3 aromatic carbocycles. The predicted octanol–water partition coefficient (Wildman–Crippen LogP) is 3.02. The summed E-state index contributed by atoms with van der Waals surface area (Å²) in [5.74, 6) is 0.507. The summed E-state index contributed by atoms with van der Waals surface area (Å²) in [6.07, 6.45) is 0.273. The number of nitrogens with zero attached hydrogens (tertiary/aromatic N) is 2. The highest BCUT2D eigenvalue weighted by Gasteiger charge is 2.25. The van der Waals surface area contributed by atoms with E-state index < -0.39 is 10.0 Å². The van der Waals surface area contributed by atoms with Crippen molar-refractivity contribution in [2.75, 3.05) is 38.0 Å². The van der Waals surface area contributed by atoms with Crippen LogP contribution in [-0.2, 0) is 21.2 Å². The number of amides is 2. The van der Waals surface area contributed by atoms with Gasteiger partial charge in [0.05, 0.1) is 18.4 Å². The van der Waals surface area contributed by atoms with Gasteiger partial charge in [-0.3, -0.25) is 14.3 Å². The van der Waals surface area contributed by atoms with Crippen molar-refractivity contribution < 1.29 is 22.7 Å². The van der Waals surface area contributed by atoms with Gasteiger partial charge < -0.3 is 14.5 Å². The third kappa shape index (κ3) is 5.99. The first-order valence-corrected chi connectivity index (χ1v) is 12.7. The molecule has 0 aromatic heterocycles. The maximum Gasteiger partial charge on any atom is 0.261 e. The lowest BCUT2D eigenvalue weighted by molar-refractivity contribution is -0.131. The molecule has 0 radical (unpaired) electrons. The molecule has 2 amide bonds. The van der Waals surface area contributed by atoms with Crippen LogP contribution in [0.5, 0.6) is 5.75 Å². The average Bonchev–Trinajstić information content (AvgIpc) is 2.89. The molecule has 1 aliphatic rings. The van der Waals surface area contributed by atoms with Gasteiger partial charge >= 0.3 is 0 Å². The van der Waals surface area contributed by atoms with E-state index in [9.17, 15) is 18.0 Å². The van der Waals surface area contributed by atoms with E-state index in [2.05, 4.69) is 4.72 Å². The normalized spacial score (nSPS) is 13.9. The molecule has 4 rings (SSSR count). The zero-order chi connectivity index (χ0) is 24.8. The Bertz CT molecular complexity index is 1300. The van der Waals surface area contributed by atoms with Gasteiger partial charge in [-0.05, 0) is 48.0 Å². The van der Waals surface area contributed by atoms with E-state index in [1.807, 2.05) is 24.3 Å². The van der Waals surface area contributed by atoms with Gasteiger partial charge in [0.15, 0.2) is 0 Å². The molecule has 0 unspecified atom stereocenters. The molecule has 35 heavy (non-hydrogen) atoms. The van der Waals surface area contributed by atoms with E-state index in [0.717, 1.165) is 5.56 Å². The zero-order valence-electron chi connectivity index (χ0n) is 19.4. The molecular weight excluding hydrogens is 466 g/mol. The number of rotatable bonds is 7. The number of methoxy groups -OCH3 is 1. The van der Waals surface area contributed by atoms with Crippen LogP contribution in [0, 0.1) is 0 Å². The minimum Gasteiger partial charge on any atom is -0.497 e. The molecule has 0 saturated carbocycles. The average molecular weight is 494 g/mol.